The summed E-state index contributed by atoms with van der Waals surface area (Å²) in [7, 11) is -5.95. The van der Waals surface area contributed by atoms with Gasteiger partial charge in [-0.15, -0.1) is 11.3 Å². The van der Waals surface area contributed by atoms with Crippen LogP contribution in [0.15, 0.2) is 48.6 Å². The summed E-state index contributed by atoms with van der Waals surface area (Å²) >= 11 is 2.22. The molecule has 2 aromatic rings. The minimum Gasteiger partial charge on any atom is -0.418 e. The van der Waals surface area contributed by atoms with Gasteiger partial charge in [0, 0.05) is 39.5 Å². The second-order valence-corrected chi connectivity index (χ2v) is 17.9. The average molecular weight is 716 g/mol. The molecular formula is C32H48BF4P2RhS-. The summed E-state index contributed by atoms with van der Waals surface area (Å²) in [6.07, 6.45) is 25.5. The molecule has 2 fully saturated rings. The predicted octanol–water partition coefficient (Wildman–Crippen LogP) is 11.8. The Morgan fingerprint density at radius 2 is 1.02 bits per heavy atom. The van der Waals surface area contributed by atoms with E-state index >= 15 is 0 Å². The van der Waals surface area contributed by atoms with Crippen LogP contribution in [0.2, 0.25) is 0 Å². The Hall–Kier alpha value is -0.0717. The van der Waals surface area contributed by atoms with Gasteiger partial charge in [0.15, 0.2) is 0 Å². The zero-order chi connectivity index (χ0) is 29.1. The molecule has 2 aliphatic heterocycles. The Labute approximate surface area is 266 Å². The normalized spacial score (nSPS) is 27.7. The fourth-order valence-electron chi connectivity index (χ4n) is 6.52. The van der Waals surface area contributed by atoms with Crippen LogP contribution in [-0.2, 0) is 19.5 Å². The fraction of sp³-hybridized carbons (Fsp3) is 0.625. The Balaban J connectivity index is 0.000000349. The van der Waals surface area contributed by atoms with E-state index in [1.807, 2.05) is 9.92 Å². The number of fused-ring (bicyclic) bond motifs is 1. The average Bonchev–Trinajstić information content (AvgIpc) is 3.60. The maximum absolute atomic E-state index is 9.75. The monoisotopic (exact) mass is 716 g/mol. The molecule has 4 atom stereocenters. The summed E-state index contributed by atoms with van der Waals surface area (Å²) < 4.78 is 42.5. The zero-order valence-corrected chi connectivity index (χ0v) is 29.4. The molecule has 0 bridgehead atoms. The first-order valence-electron chi connectivity index (χ1n) is 15.5. The van der Waals surface area contributed by atoms with Crippen molar-refractivity contribution in [3.05, 3.63) is 48.6 Å². The van der Waals surface area contributed by atoms with Crippen molar-refractivity contribution in [1.82, 2.24) is 0 Å². The van der Waals surface area contributed by atoms with Gasteiger partial charge in [0.1, 0.15) is 0 Å². The van der Waals surface area contributed by atoms with Gasteiger partial charge in [-0.25, -0.2) is 0 Å². The van der Waals surface area contributed by atoms with Gasteiger partial charge in [0.05, 0.1) is 0 Å². The topological polar surface area (TPSA) is 0 Å². The summed E-state index contributed by atoms with van der Waals surface area (Å²) in [5.41, 5.74) is 3.91. The molecular weight excluding hydrogens is 668 g/mol. The third kappa shape index (κ3) is 10.8. The first-order chi connectivity index (χ1) is 19.2. The molecule has 1 aromatic carbocycles. The molecule has 2 saturated heterocycles. The van der Waals surface area contributed by atoms with Crippen LogP contribution in [-0.4, -0.2) is 29.9 Å². The minimum absolute atomic E-state index is 0. The quantitative estimate of drug-likeness (QED) is 0.121. The van der Waals surface area contributed by atoms with Crippen molar-refractivity contribution >= 4 is 54.4 Å². The van der Waals surface area contributed by atoms with Crippen molar-refractivity contribution in [2.24, 2.45) is 0 Å². The van der Waals surface area contributed by atoms with Crippen molar-refractivity contribution in [2.45, 2.75) is 127 Å². The van der Waals surface area contributed by atoms with Crippen LogP contribution in [0, 0.1) is 0 Å². The molecule has 3 heterocycles. The molecule has 9 heteroatoms. The fourth-order valence-corrected chi connectivity index (χ4v) is 17.1. The van der Waals surface area contributed by atoms with E-state index in [1.54, 1.807) is 10.1 Å². The van der Waals surface area contributed by atoms with Crippen LogP contribution in [0.3, 0.4) is 0 Å². The molecule has 4 unspecified atom stereocenters. The third-order valence-electron chi connectivity index (χ3n) is 8.50. The van der Waals surface area contributed by atoms with E-state index < -0.39 is 7.25 Å². The van der Waals surface area contributed by atoms with Crippen LogP contribution >= 0.6 is 27.2 Å². The van der Waals surface area contributed by atoms with E-state index in [9.17, 15) is 17.3 Å². The summed E-state index contributed by atoms with van der Waals surface area (Å²) in [6.45, 7) is 9.82. The molecule has 1 radical (unpaired) electrons. The number of allylic oxidation sites excluding steroid dienone is 4. The van der Waals surface area contributed by atoms with Crippen LogP contribution in [0.4, 0.5) is 17.3 Å². The second kappa shape index (κ2) is 18.7. The van der Waals surface area contributed by atoms with Crippen LogP contribution in [0.1, 0.15) is 105 Å². The Morgan fingerprint density at radius 3 is 1.41 bits per heavy atom. The second-order valence-electron chi connectivity index (χ2n) is 11.1. The summed E-state index contributed by atoms with van der Waals surface area (Å²) in [6, 6.07) is 9.44. The van der Waals surface area contributed by atoms with E-state index in [0.717, 1.165) is 22.6 Å². The van der Waals surface area contributed by atoms with Gasteiger partial charge in [-0.1, -0.05) is 86.0 Å². The predicted molar refractivity (Wildman–Crippen MR) is 177 cm³/mol. The largest absolute Gasteiger partial charge is 0.673 e. The molecule has 0 saturated carbocycles. The number of rotatable bonds is 6. The maximum atomic E-state index is 9.75. The molecule has 1 aliphatic carbocycles. The summed E-state index contributed by atoms with van der Waals surface area (Å²) in [5.74, 6) is 0. The summed E-state index contributed by atoms with van der Waals surface area (Å²) in [4.78, 5) is 0. The molecule has 0 N–H and O–H groups in total. The number of hydrogen-bond acceptors (Lipinski definition) is 1. The summed E-state index contributed by atoms with van der Waals surface area (Å²) in [5, 5.41) is 3.56. The van der Waals surface area contributed by atoms with Crippen molar-refractivity contribution in [3.63, 3.8) is 0 Å². The smallest absolute Gasteiger partial charge is 0.418 e. The van der Waals surface area contributed by atoms with Gasteiger partial charge in [-0.3, -0.25) is 0 Å². The number of thiophene rings is 1. The van der Waals surface area contributed by atoms with Gasteiger partial charge < -0.3 is 17.3 Å². The molecule has 1 aromatic heterocycles. The van der Waals surface area contributed by atoms with Crippen molar-refractivity contribution < 1.29 is 36.7 Å². The van der Waals surface area contributed by atoms with E-state index in [4.69, 9.17) is 0 Å². The van der Waals surface area contributed by atoms with Gasteiger partial charge >= 0.3 is 7.25 Å². The molecule has 5 rings (SSSR count). The SMILES string of the molecule is C1=CCCC=CCC1.CCC1CCC(CC)P1c1sc2ccccc2c1P1C(CC)CCC1CC.F[B-](F)(F)F.[Rh]. The Morgan fingerprint density at radius 1 is 0.659 bits per heavy atom. The van der Waals surface area contributed by atoms with Gasteiger partial charge in [-0.05, 0) is 106 Å². The number of halogens is 4. The maximum Gasteiger partial charge on any atom is 0.673 e. The number of hydrogen-bond donors (Lipinski definition) is 0. The van der Waals surface area contributed by atoms with Crippen molar-refractivity contribution in [3.8, 4) is 0 Å². The standard InChI is InChI=1S/C24H36P2S.C8H12.BF4.Rh/c1-5-17-13-14-18(6-2)25(17)23-21-11-9-10-12-22(21)27-24(23)26-19(7-3)15-16-20(26)8-4;1-2-4-6-8-7-5-3-1;2-1(3,4)5;/h9-12,17-20H,5-8,13-16H2,1-4H3;1-2,7-8H,3-6H2;;/q;;-1;. The van der Waals surface area contributed by atoms with E-state index in [0.29, 0.717) is 0 Å². The molecule has 0 amide bonds. The van der Waals surface area contributed by atoms with Crippen molar-refractivity contribution in [2.75, 3.05) is 0 Å². The van der Waals surface area contributed by atoms with Crippen molar-refractivity contribution in [1.29, 1.82) is 0 Å². The molecule has 3 aliphatic rings. The molecule has 41 heavy (non-hydrogen) atoms. The molecule has 0 spiro atoms. The van der Waals surface area contributed by atoms with E-state index in [2.05, 4.69) is 87.6 Å². The Bertz CT molecular complexity index is 1030. The minimum atomic E-state index is -6.00. The number of benzene rings is 1. The Kier molecular flexibility index (Phi) is 16.9. The van der Waals surface area contributed by atoms with Gasteiger partial charge in [0.2, 0.25) is 0 Å². The first kappa shape index (κ1) is 37.1. The first-order valence-corrected chi connectivity index (χ1v) is 19.3. The molecule has 233 valence electrons. The zero-order valence-electron chi connectivity index (χ0n) is 25.1. The van der Waals surface area contributed by atoms with Gasteiger partial charge in [-0.2, -0.15) is 0 Å². The van der Waals surface area contributed by atoms with E-state index in [1.165, 1.54) is 77.0 Å². The van der Waals surface area contributed by atoms with Crippen LogP contribution in [0.5, 0.6) is 0 Å². The van der Waals surface area contributed by atoms with Gasteiger partial charge in [0.25, 0.3) is 0 Å². The van der Waals surface area contributed by atoms with Crippen LogP contribution in [0.25, 0.3) is 10.1 Å². The van der Waals surface area contributed by atoms with E-state index in [-0.39, 0.29) is 35.3 Å². The molecule has 0 nitrogen and oxygen atoms in total. The van der Waals surface area contributed by atoms with Crippen LogP contribution < -0.4 is 9.92 Å². The third-order valence-corrected chi connectivity index (χ3v) is 18.0.